The van der Waals surface area contributed by atoms with E-state index >= 15 is 0 Å². The monoisotopic (exact) mass is 275 g/mol. The van der Waals surface area contributed by atoms with E-state index in [2.05, 4.69) is 5.32 Å². The lowest BCUT2D eigenvalue weighted by atomic mass is 9.89. The van der Waals surface area contributed by atoms with Gasteiger partial charge >= 0.3 is 5.97 Å². The predicted molar refractivity (Wildman–Crippen MR) is 71.8 cm³/mol. The lowest BCUT2D eigenvalue weighted by Crippen LogP contribution is -2.42. The van der Waals surface area contributed by atoms with Gasteiger partial charge in [-0.25, -0.2) is 4.79 Å². The third kappa shape index (κ3) is 2.14. The molecule has 106 valence electrons. The molecule has 5 heteroatoms. The Balaban J connectivity index is 2.04. The maximum atomic E-state index is 12.2. The lowest BCUT2D eigenvalue weighted by molar-refractivity contribution is -0.222. The van der Waals surface area contributed by atoms with Crippen LogP contribution >= 0.6 is 0 Å². The molecule has 1 aromatic carbocycles. The minimum Gasteiger partial charge on any atom is -0.480 e. The topological polar surface area (TPSA) is 67.8 Å². The number of nitrogens with one attached hydrogen (secondary N) is 1. The number of carbonyl (C=O) groups is 1. The van der Waals surface area contributed by atoms with Crippen molar-refractivity contribution in [3.8, 4) is 0 Å². The Kier molecular flexibility index (Phi) is 2.94. The van der Waals surface area contributed by atoms with Crippen LogP contribution in [0, 0.1) is 0 Å². The van der Waals surface area contributed by atoms with E-state index < -0.39 is 17.8 Å². The number of aliphatic hydroxyl groups excluding tert-OH is 1. The molecule has 1 aromatic rings. The van der Waals surface area contributed by atoms with Gasteiger partial charge in [-0.2, -0.15) is 0 Å². The molecule has 0 bridgehead atoms. The molecule has 0 aliphatic carbocycles. The summed E-state index contributed by atoms with van der Waals surface area (Å²) in [6, 6.07) is 7.45. The number of ether oxygens (including phenoxy) is 2. The van der Waals surface area contributed by atoms with Crippen molar-refractivity contribution in [1.82, 2.24) is 5.32 Å². The van der Waals surface area contributed by atoms with Crippen molar-refractivity contribution in [2.24, 2.45) is 0 Å². The van der Waals surface area contributed by atoms with Crippen LogP contribution in [0.5, 0.6) is 0 Å². The SMILES string of the molecule is CC1(C)OC(=O)C([C@@H]2NCCc3ccccc32)=C(O)O1. The summed E-state index contributed by atoms with van der Waals surface area (Å²) in [4.78, 5) is 12.2. The van der Waals surface area contributed by atoms with Crippen LogP contribution in [0.2, 0.25) is 0 Å². The average molecular weight is 275 g/mol. The largest absolute Gasteiger partial charge is 0.480 e. The minimum atomic E-state index is -1.14. The Morgan fingerprint density at radius 1 is 1.30 bits per heavy atom. The first-order valence-corrected chi connectivity index (χ1v) is 6.64. The molecule has 5 nitrogen and oxygen atoms in total. The maximum absolute atomic E-state index is 12.2. The second-order valence-electron chi connectivity index (χ2n) is 5.45. The van der Waals surface area contributed by atoms with E-state index in [-0.39, 0.29) is 11.5 Å². The fraction of sp³-hybridized carbons (Fsp3) is 0.400. The summed E-state index contributed by atoms with van der Waals surface area (Å²) in [5.74, 6) is -2.05. The molecular formula is C15H17NO4. The molecule has 0 radical (unpaired) electrons. The molecule has 0 aromatic heterocycles. The zero-order chi connectivity index (χ0) is 14.3. The van der Waals surface area contributed by atoms with Gasteiger partial charge in [0.1, 0.15) is 5.57 Å². The Morgan fingerprint density at radius 2 is 2.05 bits per heavy atom. The van der Waals surface area contributed by atoms with E-state index in [1.54, 1.807) is 13.8 Å². The van der Waals surface area contributed by atoms with Crippen molar-refractivity contribution >= 4 is 5.97 Å². The summed E-state index contributed by atoms with van der Waals surface area (Å²) in [5, 5.41) is 13.3. The van der Waals surface area contributed by atoms with Gasteiger partial charge in [0.2, 0.25) is 0 Å². The number of cyclic esters (lactones) is 1. The van der Waals surface area contributed by atoms with Crippen molar-refractivity contribution in [2.45, 2.75) is 32.1 Å². The van der Waals surface area contributed by atoms with E-state index in [0.717, 1.165) is 24.1 Å². The van der Waals surface area contributed by atoms with Crippen molar-refractivity contribution in [1.29, 1.82) is 0 Å². The van der Waals surface area contributed by atoms with E-state index in [4.69, 9.17) is 9.47 Å². The molecule has 0 fully saturated rings. The fourth-order valence-electron chi connectivity index (χ4n) is 2.68. The number of fused-ring (bicyclic) bond motifs is 1. The number of aliphatic hydroxyl groups is 1. The molecule has 3 rings (SSSR count). The smallest absolute Gasteiger partial charge is 0.346 e. The van der Waals surface area contributed by atoms with Crippen molar-refractivity contribution < 1.29 is 19.4 Å². The average Bonchev–Trinajstić information content (AvgIpc) is 2.36. The number of rotatable bonds is 1. The molecule has 2 N–H and O–H groups in total. The van der Waals surface area contributed by atoms with E-state index in [1.165, 1.54) is 0 Å². The normalized spacial score (nSPS) is 24.7. The number of hydrogen-bond donors (Lipinski definition) is 2. The molecule has 0 amide bonds. The highest BCUT2D eigenvalue weighted by Gasteiger charge is 2.41. The van der Waals surface area contributed by atoms with Crippen LogP contribution in [0.25, 0.3) is 0 Å². The van der Waals surface area contributed by atoms with Crippen molar-refractivity contribution in [3.63, 3.8) is 0 Å². The van der Waals surface area contributed by atoms with E-state index in [1.807, 2.05) is 24.3 Å². The van der Waals surface area contributed by atoms with Crippen LogP contribution in [-0.2, 0) is 20.7 Å². The second-order valence-corrected chi connectivity index (χ2v) is 5.45. The fourth-order valence-corrected chi connectivity index (χ4v) is 2.68. The first-order chi connectivity index (χ1) is 9.48. The van der Waals surface area contributed by atoms with E-state index in [9.17, 15) is 9.90 Å². The van der Waals surface area contributed by atoms with Gasteiger partial charge in [0, 0.05) is 20.4 Å². The molecule has 2 aliphatic heterocycles. The molecule has 0 spiro atoms. The quantitative estimate of drug-likeness (QED) is 0.767. The molecule has 2 heterocycles. The summed E-state index contributed by atoms with van der Waals surface area (Å²) in [5.41, 5.74) is 2.27. The summed E-state index contributed by atoms with van der Waals surface area (Å²) in [6.45, 7) is 3.90. The Morgan fingerprint density at radius 3 is 2.80 bits per heavy atom. The van der Waals surface area contributed by atoms with Gasteiger partial charge in [0.05, 0.1) is 6.04 Å². The summed E-state index contributed by atoms with van der Waals surface area (Å²) in [6.07, 6.45) is 0.891. The van der Waals surface area contributed by atoms with Crippen LogP contribution in [0.3, 0.4) is 0 Å². The van der Waals surface area contributed by atoms with Gasteiger partial charge in [0.15, 0.2) is 0 Å². The summed E-state index contributed by atoms with van der Waals surface area (Å²) >= 11 is 0. The lowest BCUT2D eigenvalue weighted by Gasteiger charge is -2.35. The Labute approximate surface area is 117 Å². The van der Waals surface area contributed by atoms with Gasteiger partial charge in [-0.1, -0.05) is 24.3 Å². The number of esters is 1. The summed E-state index contributed by atoms with van der Waals surface area (Å²) in [7, 11) is 0. The molecular weight excluding hydrogens is 258 g/mol. The maximum Gasteiger partial charge on any atom is 0.346 e. The van der Waals surface area contributed by atoms with Gasteiger partial charge in [-0.3, -0.25) is 0 Å². The van der Waals surface area contributed by atoms with Crippen LogP contribution in [0.15, 0.2) is 35.8 Å². The van der Waals surface area contributed by atoms with Gasteiger partial charge in [-0.15, -0.1) is 0 Å². The predicted octanol–water partition coefficient (Wildman–Crippen LogP) is 1.95. The number of benzene rings is 1. The van der Waals surface area contributed by atoms with Crippen molar-refractivity contribution in [3.05, 3.63) is 46.9 Å². The van der Waals surface area contributed by atoms with Gasteiger partial charge < -0.3 is 19.9 Å². The first kappa shape index (κ1) is 13.0. The van der Waals surface area contributed by atoms with E-state index in [0.29, 0.717) is 0 Å². The third-order valence-electron chi connectivity index (χ3n) is 3.53. The van der Waals surface area contributed by atoms with Crippen LogP contribution in [-0.4, -0.2) is 23.4 Å². The molecule has 0 saturated heterocycles. The zero-order valence-electron chi connectivity index (χ0n) is 11.5. The van der Waals surface area contributed by atoms with Crippen LogP contribution < -0.4 is 5.32 Å². The highest BCUT2D eigenvalue weighted by atomic mass is 16.8. The van der Waals surface area contributed by atoms with Crippen molar-refractivity contribution in [2.75, 3.05) is 6.54 Å². The molecule has 0 unspecified atom stereocenters. The standard InChI is InChI=1S/C15H17NO4/c1-15(2)19-13(17)11(14(18)20-15)12-10-6-4-3-5-9(10)7-8-16-12/h3-6,12,16-17H,7-8H2,1-2H3/t12-/m1/s1. The second kappa shape index (κ2) is 4.52. The third-order valence-corrected chi connectivity index (χ3v) is 3.53. The zero-order valence-corrected chi connectivity index (χ0v) is 11.5. The molecule has 1 atom stereocenters. The van der Waals surface area contributed by atoms with Crippen LogP contribution in [0.1, 0.15) is 31.0 Å². The number of hydrogen-bond acceptors (Lipinski definition) is 5. The minimum absolute atomic E-state index is 0.136. The highest BCUT2D eigenvalue weighted by Crippen LogP contribution is 2.35. The van der Waals surface area contributed by atoms with Crippen LogP contribution in [0.4, 0.5) is 0 Å². The highest BCUT2D eigenvalue weighted by molar-refractivity contribution is 5.91. The Hall–Kier alpha value is -2.01. The first-order valence-electron chi connectivity index (χ1n) is 6.64. The number of carbonyl (C=O) groups excluding carboxylic acids is 1. The molecule has 20 heavy (non-hydrogen) atoms. The Bertz CT molecular complexity index is 591. The molecule has 0 saturated carbocycles. The summed E-state index contributed by atoms with van der Waals surface area (Å²) < 4.78 is 10.5. The van der Waals surface area contributed by atoms with Gasteiger partial charge in [-0.05, 0) is 17.5 Å². The van der Waals surface area contributed by atoms with Gasteiger partial charge in [0.25, 0.3) is 11.7 Å². The molecule has 2 aliphatic rings.